The van der Waals surface area contributed by atoms with E-state index in [1.54, 1.807) is 30.3 Å². The quantitative estimate of drug-likeness (QED) is 0.827. The molecule has 1 saturated heterocycles. The molecule has 7 heteroatoms. The van der Waals surface area contributed by atoms with Gasteiger partial charge in [-0.15, -0.1) is 0 Å². The van der Waals surface area contributed by atoms with E-state index in [-0.39, 0.29) is 23.3 Å². The highest BCUT2D eigenvalue weighted by atomic mass is 35.5. The number of piperidine rings is 1. The number of benzene rings is 2. The Hall–Kier alpha value is -1.89. The summed E-state index contributed by atoms with van der Waals surface area (Å²) < 4.78 is 27.2. The predicted molar refractivity (Wildman–Crippen MR) is 106 cm³/mol. The third-order valence-corrected chi connectivity index (χ3v) is 7.07. The molecular weight excluding hydrogens is 384 g/mol. The monoisotopic (exact) mass is 406 g/mol. The molecule has 27 heavy (non-hydrogen) atoms. The number of sulfonamides is 1. The number of hydrogen-bond donors (Lipinski definition) is 1. The highest BCUT2D eigenvalue weighted by Crippen LogP contribution is 2.24. The minimum absolute atomic E-state index is 0.140. The summed E-state index contributed by atoms with van der Waals surface area (Å²) in [6.45, 7) is 2.88. The van der Waals surface area contributed by atoms with Crippen LogP contribution < -0.4 is 5.32 Å². The van der Waals surface area contributed by atoms with Gasteiger partial charge in [0.05, 0.1) is 10.8 Å². The van der Waals surface area contributed by atoms with Crippen LogP contribution in [0.2, 0.25) is 5.02 Å². The summed E-state index contributed by atoms with van der Waals surface area (Å²) in [6.07, 6.45) is 1.34. The minimum Gasteiger partial charge on any atom is -0.352 e. The zero-order valence-electron chi connectivity index (χ0n) is 15.2. The van der Waals surface area contributed by atoms with Crippen LogP contribution in [0.5, 0.6) is 0 Å². The molecule has 1 atom stereocenters. The molecule has 5 nitrogen and oxygen atoms in total. The third kappa shape index (κ3) is 4.69. The first-order chi connectivity index (χ1) is 12.9. The maximum atomic E-state index is 12.9. The van der Waals surface area contributed by atoms with Crippen molar-refractivity contribution in [2.24, 2.45) is 5.92 Å². The maximum Gasteiger partial charge on any atom is 0.243 e. The average Bonchev–Trinajstić information content (AvgIpc) is 2.67. The van der Waals surface area contributed by atoms with Crippen molar-refractivity contribution in [3.8, 4) is 0 Å². The Morgan fingerprint density at radius 1 is 1.19 bits per heavy atom. The zero-order valence-corrected chi connectivity index (χ0v) is 16.8. The van der Waals surface area contributed by atoms with Crippen molar-refractivity contribution in [2.75, 3.05) is 13.1 Å². The van der Waals surface area contributed by atoms with Gasteiger partial charge in [0, 0.05) is 24.7 Å². The van der Waals surface area contributed by atoms with Gasteiger partial charge in [0.15, 0.2) is 0 Å². The summed E-state index contributed by atoms with van der Waals surface area (Å²) in [5, 5.41) is 3.49. The molecule has 1 unspecified atom stereocenters. The Labute approximate surface area is 165 Å². The van der Waals surface area contributed by atoms with Crippen molar-refractivity contribution in [1.29, 1.82) is 0 Å². The predicted octanol–water partition coefficient (Wildman–Crippen LogP) is 3.37. The lowest BCUT2D eigenvalue weighted by molar-refractivity contribution is -0.126. The summed E-state index contributed by atoms with van der Waals surface area (Å²) in [4.78, 5) is 12.8. The average molecular weight is 407 g/mol. The molecule has 0 radical (unpaired) electrons. The van der Waals surface area contributed by atoms with Gasteiger partial charge in [-0.1, -0.05) is 47.5 Å². The van der Waals surface area contributed by atoms with Gasteiger partial charge < -0.3 is 5.32 Å². The number of nitrogens with one attached hydrogen (secondary N) is 1. The fourth-order valence-electron chi connectivity index (χ4n) is 3.20. The molecular formula is C20H23ClN2O3S. The Kier molecular flexibility index (Phi) is 6.19. The second kappa shape index (κ2) is 8.42. The van der Waals surface area contributed by atoms with Crippen LogP contribution in [0.1, 0.15) is 24.0 Å². The van der Waals surface area contributed by atoms with Crippen molar-refractivity contribution in [3.05, 3.63) is 64.7 Å². The summed E-state index contributed by atoms with van der Waals surface area (Å²) in [5.74, 6) is -0.500. The first kappa shape index (κ1) is 19.9. The van der Waals surface area contributed by atoms with E-state index in [1.165, 1.54) is 4.31 Å². The van der Waals surface area contributed by atoms with Crippen molar-refractivity contribution < 1.29 is 13.2 Å². The number of carbonyl (C=O) groups excluding carboxylic acids is 1. The molecule has 3 rings (SSSR count). The van der Waals surface area contributed by atoms with Crippen LogP contribution in [0.4, 0.5) is 0 Å². The van der Waals surface area contributed by atoms with E-state index in [0.717, 1.165) is 11.1 Å². The number of carbonyl (C=O) groups is 1. The van der Waals surface area contributed by atoms with Gasteiger partial charge in [0.25, 0.3) is 0 Å². The fraction of sp³-hybridized carbons (Fsp3) is 0.350. The smallest absolute Gasteiger partial charge is 0.243 e. The van der Waals surface area contributed by atoms with Gasteiger partial charge in [-0.25, -0.2) is 8.42 Å². The van der Waals surface area contributed by atoms with E-state index >= 15 is 0 Å². The topological polar surface area (TPSA) is 66.5 Å². The lowest BCUT2D eigenvalue weighted by Crippen LogP contribution is -2.45. The molecule has 2 aromatic rings. The van der Waals surface area contributed by atoms with E-state index in [1.807, 2.05) is 25.1 Å². The normalized spacial score (nSPS) is 18.2. The third-order valence-electron chi connectivity index (χ3n) is 4.82. The first-order valence-electron chi connectivity index (χ1n) is 8.96. The number of nitrogens with zero attached hydrogens (tertiary/aromatic N) is 1. The Morgan fingerprint density at radius 3 is 2.59 bits per heavy atom. The highest BCUT2D eigenvalue weighted by Gasteiger charge is 2.33. The van der Waals surface area contributed by atoms with Crippen LogP contribution in [0, 0.1) is 12.8 Å². The molecule has 0 bridgehead atoms. The molecule has 1 fully saturated rings. The highest BCUT2D eigenvalue weighted by molar-refractivity contribution is 7.89. The fourth-order valence-corrected chi connectivity index (χ4v) is 4.93. The molecule has 0 aliphatic carbocycles. The SMILES string of the molecule is Cc1ccc(S(=O)(=O)N2CCCC(C(=O)NCc3ccccc3Cl)C2)cc1. The molecule has 1 aliphatic rings. The van der Waals surface area contributed by atoms with Gasteiger partial charge in [-0.3, -0.25) is 4.79 Å². The van der Waals surface area contributed by atoms with Gasteiger partial charge in [-0.05, 0) is 43.5 Å². The molecule has 144 valence electrons. The lowest BCUT2D eigenvalue weighted by Gasteiger charge is -2.31. The van der Waals surface area contributed by atoms with E-state index in [0.29, 0.717) is 31.0 Å². The van der Waals surface area contributed by atoms with Crippen LogP contribution in [-0.2, 0) is 21.4 Å². The number of amides is 1. The number of hydrogen-bond acceptors (Lipinski definition) is 3. The Bertz CT molecular complexity index is 913. The van der Waals surface area contributed by atoms with Crippen molar-refractivity contribution in [3.63, 3.8) is 0 Å². The number of aryl methyl sites for hydroxylation is 1. The van der Waals surface area contributed by atoms with E-state index < -0.39 is 10.0 Å². The van der Waals surface area contributed by atoms with Gasteiger partial charge in [0.1, 0.15) is 0 Å². The van der Waals surface area contributed by atoms with Crippen molar-refractivity contribution in [1.82, 2.24) is 9.62 Å². The molecule has 0 aromatic heterocycles. The van der Waals surface area contributed by atoms with Crippen LogP contribution in [-0.4, -0.2) is 31.7 Å². The molecule has 0 saturated carbocycles. The van der Waals surface area contributed by atoms with E-state index in [2.05, 4.69) is 5.32 Å². The molecule has 1 amide bonds. The summed E-state index contributed by atoms with van der Waals surface area (Å²) in [5.41, 5.74) is 1.84. The second-order valence-corrected chi connectivity index (χ2v) is 9.17. The number of rotatable bonds is 5. The van der Waals surface area contributed by atoms with Crippen LogP contribution in [0.25, 0.3) is 0 Å². The van der Waals surface area contributed by atoms with E-state index in [4.69, 9.17) is 11.6 Å². The van der Waals surface area contributed by atoms with Crippen molar-refractivity contribution >= 4 is 27.5 Å². The molecule has 0 spiro atoms. The summed E-state index contributed by atoms with van der Waals surface area (Å²) >= 11 is 6.12. The minimum atomic E-state index is -3.59. The Balaban J connectivity index is 1.65. The molecule has 1 N–H and O–H groups in total. The standard InChI is InChI=1S/C20H23ClN2O3S/c1-15-8-10-18(11-9-15)27(25,26)23-12-4-6-17(14-23)20(24)22-13-16-5-2-3-7-19(16)21/h2-3,5,7-11,17H,4,6,12-14H2,1H3,(H,22,24). The largest absolute Gasteiger partial charge is 0.352 e. The van der Waals surface area contributed by atoms with E-state index in [9.17, 15) is 13.2 Å². The van der Waals surface area contributed by atoms with Gasteiger partial charge in [-0.2, -0.15) is 4.31 Å². The van der Waals surface area contributed by atoms with Crippen LogP contribution >= 0.6 is 11.6 Å². The second-order valence-electron chi connectivity index (χ2n) is 6.82. The van der Waals surface area contributed by atoms with Crippen LogP contribution in [0.15, 0.2) is 53.4 Å². The summed E-state index contributed by atoms with van der Waals surface area (Å²) in [7, 11) is -3.59. The molecule has 2 aromatic carbocycles. The summed E-state index contributed by atoms with van der Waals surface area (Å²) in [6, 6.07) is 14.1. The Morgan fingerprint density at radius 2 is 1.89 bits per heavy atom. The molecule has 1 aliphatic heterocycles. The number of halogens is 1. The lowest BCUT2D eigenvalue weighted by atomic mass is 9.99. The maximum absolute atomic E-state index is 12.9. The van der Waals surface area contributed by atoms with Gasteiger partial charge >= 0.3 is 0 Å². The van der Waals surface area contributed by atoms with Gasteiger partial charge in [0.2, 0.25) is 15.9 Å². The van der Waals surface area contributed by atoms with Crippen LogP contribution in [0.3, 0.4) is 0 Å². The first-order valence-corrected chi connectivity index (χ1v) is 10.8. The zero-order chi connectivity index (χ0) is 19.4. The molecule has 1 heterocycles. The van der Waals surface area contributed by atoms with Crippen molar-refractivity contribution in [2.45, 2.75) is 31.2 Å².